The molecule has 1 heterocycles. The van der Waals surface area contributed by atoms with Gasteiger partial charge in [-0.1, -0.05) is 39.5 Å². The summed E-state index contributed by atoms with van der Waals surface area (Å²) in [6.45, 7) is 7.41. The van der Waals surface area contributed by atoms with E-state index in [2.05, 4.69) is 29.5 Å². The fourth-order valence-corrected chi connectivity index (χ4v) is 4.33. The third kappa shape index (κ3) is 7.61. The maximum Gasteiger partial charge on any atom is 0.225 e. The summed E-state index contributed by atoms with van der Waals surface area (Å²) in [5, 5.41) is 6.89. The highest BCUT2D eigenvalue weighted by molar-refractivity contribution is 5.80. The molecule has 2 aliphatic rings. The van der Waals surface area contributed by atoms with Gasteiger partial charge >= 0.3 is 0 Å². The van der Waals surface area contributed by atoms with Crippen molar-refractivity contribution in [1.82, 2.24) is 15.5 Å². The molecule has 0 unspecified atom stereocenters. The van der Waals surface area contributed by atoms with Crippen LogP contribution in [0.3, 0.4) is 0 Å². The van der Waals surface area contributed by atoms with E-state index in [1.54, 1.807) is 0 Å². The van der Waals surface area contributed by atoms with Crippen LogP contribution in [0.25, 0.3) is 0 Å². The summed E-state index contributed by atoms with van der Waals surface area (Å²) in [7, 11) is 1.81. The zero-order valence-electron chi connectivity index (χ0n) is 18.3. The molecule has 2 rings (SSSR count). The summed E-state index contributed by atoms with van der Waals surface area (Å²) in [4.78, 5) is 18.9. The first-order valence-electron chi connectivity index (χ1n) is 11.5. The number of hydrogen-bond acceptors (Lipinski definition) is 3. The molecule has 0 radical (unpaired) electrons. The lowest BCUT2D eigenvalue weighted by atomic mass is 9.98. The summed E-state index contributed by atoms with van der Waals surface area (Å²) >= 11 is 0. The minimum Gasteiger partial charge on any atom is -0.376 e. The summed E-state index contributed by atoms with van der Waals surface area (Å²) in [6, 6.07) is 0.375. The van der Waals surface area contributed by atoms with Gasteiger partial charge in [0.15, 0.2) is 5.96 Å². The number of ether oxygens (including phenoxy) is 1. The highest BCUT2D eigenvalue weighted by Gasteiger charge is 2.26. The number of amides is 1. The van der Waals surface area contributed by atoms with Crippen molar-refractivity contribution in [2.24, 2.45) is 10.9 Å². The Morgan fingerprint density at radius 2 is 1.71 bits per heavy atom. The smallest absolute Gasteiger partial charge is 0.225 e. The van der Waals surface area contributed by atoms with Crippen LogP contribution in [-0.2, 0) is 9.53 Å². The van der Waals surface area contributed by atoms with E-state index in [0.717, 1.165) is 57.9 Å². The Kier molecular flexibility index (Phi) is 10.7. The highest BCUT2D eigenvalue weighted by Crippen LogP contribution is 2.19. The average molecular weight is 395 g/mol. The van der Waals surface area contributed by atoms with E-state index >= 15 is 0 Å². The summed E-state index contributed by atoms with van der Waals surface area (Å²) in [5.41, 5.74) is 0. The van der Waals surface area contributed by atoms with E-state index in [1.807, 2.05) is 11.9 Å². The number of aliphatic imine (C=N–C) groups is 1. The van der Waals surface area contributed by atoms with E-state index in [4.69, 9.17) is 4.74 Å². The van der Waals surface area contributed by atoms with Crippen molar-refractivity contribution in [3.63, 3.8) is 0 Å². The molecule has 0 atom stereocenters. The van der Waals surface area contributed by atoms with Crippen LogP contribution >= 0.6 is 0 Å². The Morgan fingerprint density at radius 3 is 2.29 bits per heavy atom. The predicted octanol–water partition coefficient (Wildman–Crippen LogP) is 3.32. The van der Waals surface area contributed by atoms with Crippen LogP contribution < -0.4 is 10.6 Å². The van der Waals surface area contributed by atoms with Crippen LogP contribution in [0.1, 0.15) is 78.1 Å². The largest absolute Gasteiger partial charge is 0.376 e. The lowest BCUT2D eigenvalue weighted by molar-refractivity contribution is -0.136. The molecule has 0 aromatic heterocycles. The number of rotatable bonds is 8. The minimum atomic E-state index is 0.187. The van der Waals surface area contributed by atoms with Gasteiger partial charge in [-0.15, -0.1) is 0 Å². The van der Waals surface area contributed by atoms with Gasteiger partial charge in [-0.25, -0.2) is 0 Å². The lowest BCUT2D eigenvalue weighted by Crippen LogP contribution is -2.51. The van der Waals surface area contributed by atoms with Crippen molar-refractivity contribution >= 4 is 11.9 Å². The Bertz CT molecular complexity index is 463. The SMILES string of the molecule is CCC(CC)C(=O)N1CCC(NC(=NC)NCCOC2CCCCCC2)CC1. The highest BCUT2D eigenvalue weighted by atomic mass is 16.5. The Hall–Kier alpha value is -1.30. The fraction of sp³-hybridized carbons (Fsp3) is 0.909. The van der Waals surface area contributed by atoms with Crippen LogP contribution in [0.2, 0.25) is 0 Å². The molecule has 1 saturated heterocycles. The van der Waals surface area contributed by atoms with Gasteiger partial charge in [0.25, 0.3) is 0 Å². The second-order valence-electron chi connectivity index (χ2n) is 8.24. The number of carbonyl (C=O) groups is 1. The number of hydrogen-bond donors (Lipinski definition) is 2. The van der Waals surface area contributed by atoms with E-state index in [-0.39, 0.29) is 5.92 Å². The van der Waals surface area contributed by atoms with Crippen molar-refractivity contribution in [2.45, 2.75) is 90.2 Å². The molecule has 0 aromatic carbocycles. The van der Waals surface area contributed by atoms with Crippen LogP contribution in [0, 0.1) is 5.92 Å². The van der Waals surface area contributed by atoms with Crippen LogP contribution in [0.4, 0.5) is 0 Å². The topological polar surface area (TPSA) is 66.0 Å². The first-order valence-corrected chi connectivity index (χ1v) is 11.5. The predicted molar refractivity (Wildman–Crippen MR) is 116 cm³/mol. The van der Waals surface area contributed by atoms with Gasteiger partial charge in [0, 0.05) is 38.6 Å². The van der Waals surface area contributed by atoms with Crippen LogP contribution in [0.5, 0.6) is 0 Å². The quantitative estimate of drug-likeness (QED) is 0.287. The van der Waals surface area contributed by atoms with E-state index in [9.17, 15) is 4.79 Å². The standard InChI is InChI=1S/C22H42N4O2/c1-4-18(5-2)21(27)26-15-12-19(13-16-26)25-22(23-3)24-14-17-28-20-10-8-6-7-9-11-20/h18-20H,4-17H2,1-3H3,(H2,23,24,25). The zero-order chi connectivity index (χ0) is 20.2. The maximum atomic E-state index is 12.5. The molecule has 28 heavy (non-hydrogen) atoms. The number of nitrogens with zero attached hydrogens (tertiary/aromatic N) is 2. The molecule has 0 spiro atoms. The molecular formula is C22H42N4O2. The van der Waals surface area contributed by atoms with Gasteiger partial charge in [0.1, 0.15) is 0 Å². The van der Waals surface area contributed by atoms with Crippen LogP contribution in [0.15, 0.2) is 4.99 Å². The summed E-state index contributed by atoms with van der Waals surface area (Å²) in [6.07, 6.45) is 12.0. The van der Waals surface area contributed by atoms with Gasteiger partial charge in [0.2, 0.25) is 5.91 Å². The third-order valence-corrected chi connectivity index (χ3v) is 6.26. The molecule has 1 aliphatic heterocycles. The molecule has 2 fully saturated rings. The van der Waals surface area contributed by atoms with Gasteiger partial charge in [-0.05, 0) is 38.5 Å². The summed E-state index contributed by atoms with van der Waals surface area (Å²) in [5.74, 6) is 1.36. The second-order valence-corrected chi connectivity index (χ2v) is 8.24. The van der Waals surface area contributed by atoms with Crippen molar-refractivity contribution in [2.75, 3.05) is 33.3 Å². The molecule has 6 heteroatoms. The van der Waals surface area contributed by atoms with E-state index in [1.165, 1.54) is 38.5 Å². The molecule has 162 valence electrons. The van der Waals surface area contributed by atoms with Crippen molar-refractivity contribution < 1.29 is 9.53 Å². The molecule has 0 aromatic rings. The van der Waals surface area contributed by atoms with Gasteiger partial charge in [-0.2, -0.15) is 0 Å². The van der Waals surface area contributed by atoms with E-state index in [0.29, 0.717) is 18.1 Å². The molecular weight excluding hydrogens is 352 g/mol. The third-order valence-electron chi connectivity index (χ3n) is 6.26. The molecule has 1 amide bonds. The Morgan fingerprint density at radius 1 is 1.07 bits per heavy atom. The lowest BCUT2D eigenvalue weighted by Gasteiger charge is -2.34. The normalized spacial score (nSPS) is 20.3. The zero-order valence-corrected chi connectivity index (χ0v) is 18.3. The Labute approximate surface area is 171 Å². The average Bonchev–Trinajstić information content (AvgIpc) is 3.00. The fourth-order valence-electron chi connectivity index (χ4n) is 4.33. The Balaban J connectivity index is 1.63. The van der Waals surface area contributed by atoms with Crippen molar-refractivity contribution in [1.29, 1.82) is 0 Å². The number of nitrogens with one attached hydrogen (secondary N) is 2. The number of piperidine rings is 1. The molecule has 6 nitrogen and oxygen atoms in total. The van der Waals surface area contributed by atoms with Gasteiger partial charge in [0.05, 0.1) is 12.7 Å². The summed E-state index contributed by atoms with van der Waals surface area (Å²) < 4.78 is 6.04. The first-order chi connectivity index (χ1) is 13.7. The first kappa shape index (κ1) is 23.0. The number of likely N-dealkylation sites (tertiary alicyclic amines) is 1. The van der Waals surface area contributed by atoms with Crippen molar-refractivity contribution in [3.05, 3.63) is 0 Å². The van der Waals surface area contributed by atoms with Crippen LogP contribution in [-0.4, -0.2) is 62.2 Å². The van der Waals surface area contributed by atoms with E-state index < -0.39 is 0 Å². The molecule has 0 bridgehead atoms. The van der Waals surface area contributed by atoms with Crippen molar-refractivity contribution in [3.8, 4) is 0 Å². The molecule has 2 N–H and O–H groups in total. The number of carbonyl (C=O) groups excluding carboxylic acids is 1. The molecule has 1 aliphatic carbocycles. The molecule has 1 saturated carbocycles. The number of guanidine groups is 1. The minimum absolute atomic E-state index is 0.187. The monoisotopic (exact) mass is 394 g/mol. The second kappa shape index (κ2) is 13.0. The maximum absolute atomic E-state index is 12.5. The van der Waals surface area contributed by atoms with Gasteiger partial charge in [-0.3, -0.25) is 9.79 Å². The van der Waals surface area contributed by atoms with Gasteiger partial charge < -0.3 is 20.3 Å².